The number of hydrogen-bond donors (Lipinski definition) is 0. The number of halogens is 3. The second-order valence-electron chi connectivity index (χ2n) is 3.67. The van der Waals surface area contributed by atoms with Crippen LogP contribution in [-0.4, -0.2) is 13.2 Å². The van der Waals surface area contributed by atoms with E-state index in [9.17, 15) is 8.78 Å². The molecule has 1 aromatic rings. The summed E-state index contributed by atoms with van der Waals surface area (Å²) in [4.78, 5) is -0.260. The third-order valence-electron chi connectivity index (χ3n) is 2.61. The Morgan fingerprint density at radius 1 is 1.47 bits per heavy atom. The van der Waals surface area contributed by atoms with Gasteiger partial charge in [0.15, 0.2) is 0 Å². The van der Waals surface area contributed by atoms with Gasteiger partial charge < -0.3 is 4.74 Å². The molecule has 0 N–H and O–H groups in total. The minimum absolute atomic E-state index is 0.260. The van der Waals surface area contributed by atoms with Crippen LogP contribution in [0.2, 0.25) is 0 Å². The zero-order chi connectivity index (χ0) is 11.0. The van der Waals surface area contributed by atoms with E-state index in [1.807, 2.05) is 0 Å². The lowest BCUT2D eigenvalue weighted by Gasteiger charge is -2.13. The van der Waals surface area contributed by atoms with Crippen LogP contribution in [0.3, 0.4) is 0 Å². The molecule has 1 nitrogen and oxygen atoms in total. The van der Waals surface area contributed by atoms with Gasteiger partial charge in [0.25, 0.3) is 0 Å². The minimum atomic E-state index is -0.334. The molecule has 1 heterocycles. The molecule has 1 unspecified atom stereocenters. The molecule has 1 aliphatic heterocycles. The molecule has 1 aromatic carbocycles. The molecule has 0 bridgehead atoms. The quantitative estimate of drug-likeness (QED) is 0.661. The first kappa shape index (κ1) is 11.0. The predicted octanol–water partition coefficient (Wildman–Crippen LogP) is 3.28. The maximum Gasteiger partial charge on any atom is 0.131 e. The van der Waals surface area contributed by atoms with Gasteiger partial charge in [-0.05, 0) is 30.5 Å². The standard InChI is InChI=1S/C11H11BrF2O/c1-6-4-9(13)7-2-3-15-5-8(12)10(7)11(6)14/h4,8H,2-3,5H2,1H3. The van der Waals surface area contributed by atoms with Crippen molar-refractivity contribution in [1.82, 2.24) is 0 Å². The molecule has 0 spiro atoms. The van der Waals surface area contributed by atoms with Crippen LogP contribution in [0.25, 0.3) is 0 Å². The highest BCUT2D eigenvalue weighted by Gasteiger charge is 2.24. The van der Waals surface area contributed by atoms with Crippen LogP contribution in [-0.2, 0) is 11.2 Å². The molecular formula is C11H11BrF2O. The molecule has 0 saturated carbocycles. The van der Waals surface area contributed by atoms with Gasteiger partial charge in [-0.3, -0.25) is 0 Å². The molecule has 1 aliphatic rings. The Bertz CT molecular complexity index is 393. The second-order valence-corrected chi connectivity index (χ2v) is 4.78. The molecule has 0 aromatic heterocycles. The van der Waals surface area contributed by atoms with Crippen molar-refractivity contribution in [1.29, 1.82) is 0 Å². The molecule has 0 amide bonds. The van der Waals surface area contributed by atoms with E-state index in [2.05, 4.69) is 15.9 Å². The van der Waals surface area contributed by atoms with Crippen LogP contribution >= 0.6 is 15.9 Å². The van der Waals surface area contributed by atoms with E-state index in [-0.39, 0.29) is 16.5 Å². The Kier molecular flexibility index (Phi) is 3.07. The number of benzene rings is 1. The number of rotatable bonds is 0. The Morgan fingerprint density at radius 2 is 2.20 bits per heavy atom. The fourth-order valence-electron chi connectivity index (χ4n) is 1.84. The zero-order valence-electron chi connectivity index (χ0n) is 8.32. The van der Waals surface area contributed by atoms with E-state index in [4.69, 9.17) is 4.74 Å². The van der Waals surface area contributed by atoms with Gasteiger partial charge in [-0.1, -0.05) is 15.9 Å². The van der Waals surface area contributed by atoms with Crippen LogP contribution < -0.4 is 0 Å². The van der Waals surface area contributed by atoms with Crippen LogP contribution in [0.1, 0.15) is 21.5 Å². The summed E-state index contributed by atoms with van der Waals surface area (Å²) in [6.07, 6.45) is 0.431. The summed E-state index contributed by atoms with van der Waals surface area (Å²) in [5, 5.41) is 0. The maximum absolute atomic E-state index is 13.8. The molecule has 1 atom stereocenters. The van der Waals surface area contributed by atoms with E-state index < -0.39 is 0 Å². The van der Waals surface area contributed by atoms with Gasteiger partial charge >= 0.3 is 0 Å². The normalized spacial score (nSPS) is 20.9. The Labute approximate surface area is 95.6 Å². The molecule has 0 saturated heterocycles. The first-order valence-electron chi connectivity index (χ1n) is 4.80. The summed E-state index contributed by atoms with van der Waals surface area (Å²) in [6, 6.07) is 1.25. The number of ether oxygens (including phenoxy) is 1. The second kappa shape index (κ2) is 4.18. The lowest BCUT2D eigenvalue weighted by Crippen LogP contribution is -2.05. The van der Waals surface area contributed by atoms with Crippen molar-refractivity contribution in [3.63, 3.8) is 0 Å². The van der Waals surface area contributed by atoms with Crippen molar-refractivity contribution in [2.75, 3.05) is 13.2 Å². The molecule has 2 rings (SSSR count). The van der Waals surface area contributed by atoms with Crippen molar-refractivity contribution >= 4 is 15.9 Å². The first-order chi connectivity index (χ1) is 7.11. The minimum Gasteiger partial charge on any atom is -0.380 e. The zero-order valence-corrected chi connectivity index (χ0v) is 9.90. The molecule has 0 fully saturated rings. The Hall–Kier alpha value is -0.480. The van der Waals surface area contributed by atoms with Crippen molar-refractivity contribution in [2.45, 2.75) is 18.2 Å². The smallest absolute Gasteiger partial charge is 0.131 e. The highest BCUT2D eigenvalue weighted by atomic mass is 79.9. The summed E-state index contributed by atoms with van der Waals surface area (Å²) < 4.78 is 32.7. The topological polar surface area (TPSA) is 9.23 Å². The molecule has 0 aliphatic carbocycles. The molecule has 82 valence electrons. The molecule has 4 heteroatoms. The molecule has 0 radical (unpaired) electrons. The van der Waals surface area contributed by atoms with Gasteiger partial charge in [-0.15, -0.1) is 0 Å². The number of alkyl halides is 1. The van der Waals surface area contributed by atoms with Crippen LogP contribution in [0.15, 0.2) is 6.07 Å². The number of fused-ring (bicyclic) bond motifs is 1. The van der Waals surface area contributed by atoms with E-state index in [0.29, 0.717) is 36.3 Å². The SMILES string of the molecule is Cc1cc(F)c2c(c1F)C(Br)COCC2. The van der Waals surface area contributed by atoms with Crippen molar-refractivity contribution in [3.8, 4) is 0 Å². The highest BCUT2D eigenvalue weighted by molar-refractivity contribution is 9.09. The average Bonchev–Trinajstić information content (AvgIpc) is 2.37. The third kappa shape index (κ3) is 1.93. The summed E-state index contributed by atoms with van der Waals surface area (Å²) in [5.41, 5.74) is 1.21. The van der Waals surface area contributed by atoms with Crippen molar-refractivity contribution < 1.29 is 13.5 Å². The first-order valence-corrected chi connectivity index (χ1v) is 5.72. The average molecular weight is 277 g/mol. The largest absolute Gasteiger partial charge is 0.380 e. The Morgan fingerprint density at radius 3 is 2.93 bits per heavy atom. The van der Waals surface area contributed by atoms with Gasteiger partial charge in [-0.25, -0.2) is 8.78 Å². The van der Waals surface area contributed by atoms with Gasteiger partial charge in [-0.2, -0.15) is 0 Å². The third-order valence-corrected chi connectivity index (χ3v) is 3.34. The fourth-order valence-corrected chi connectivity index (χ4v) is 2.50. The van der Waals surface area contributed by atoms with Crippen LogP contribution in [0.5, 0.6) is 0 Å². The van der Waals surface area contributed by atoms with Gasteiger partial charge in [0, 0.05) is 5.56 Å². The lowest BCUT2D eigenvalue weighted by molar-refractivity contribution is 0.145. The molecular weight excluding hydrogens is 266 g/mol. The number of aryl methyl sites for hydroxylation is 1. The van der Waals surface area contributed by atoms with E-state index >= 15 is 0 Å². The summed E-state index contributed by atoms with van der Waals surface area (Å²) in [5.74, 6) is -0.655. The Balaban J connectivity index is 2.63. The van der Waals surface area contributed by atoms with Crippen LogP contribution in [0, 0.1) is 18.6 Å². The van der Waals surface area contributed by atoms with E-state index in [0.717, 1.165) is 0 Å². The summed E-state index contributed by atoms with van der Waals surface area (Å²) in [7, 11) is 0. The lowest BCUT2D eigenvalue weighted by atomic mass is 9.99. The fraction of sp³-hybridized carbons (Fsp3) is 0.455. The maximum atomic E-state index is 13.8. The van der Waals surface area contributed by atoms with Crippen molar-refractivity contribution in [3.05, 3.63) is 34.4 Å². The predicted molar refractivity (Wildman–Crippen MR) is 57.3 cm³/mol. The monoisotopic (exact) mass is 276 g/mol. The van der Waals surface area contributed by atoms with Gasteiger partial charge in [0.1, 0.15) is 11.6 Å². The van der Waals surface area contributed by atoms with E-state index in [1.54, 1.807) is 6.92 Å². The summed E-state index contributed by atoms with van der Waals surface area (Å²) >= 11 is 3.32. The summed E-state index contributed by atoms with van der Waals surface area (Å²) in [6.45, 7) is 2.39. The van der Waals surface area contributed by atoms with E-state index in [1.165, 1.54) is 6.07 Å². The van der Waals surface area contributed by atoms with Gasteiger partial charge in [0.2, 0.25) is 0 Å². The van der Waals surface area contributed by atoms with Crippen LogP contribution in [0.4, 0.5) is 8.78 Å². The highest BCUT2D eigenvalue weighted by Crippen LogP contribution is 2.34. The van der Waals surface area contributed by atoms with Crippen molar-refractivity contribution in [2.24, 2.45) is 0 Å². The number of hydrogen-bond acceptors (Lipinski definition) is 1. The molecule has 15 heavy (non-hydrogen) atoms. The van der Waals surface area contributed by atoms with Gasteiger partial charge in [0.05, 0.1) is 18.0 Å².